The normalized spacial score (nSPS) is 14.2. The maximum atomic E-state index is 13.1. The molecule has 1 fully saturated rings. The highest BCUT2D eigenvalue weighted by Gasteiger charge is 2.29. The van der Waals surface area contributed by atoms with Crippen LogP contribution in [0.4, 0.5) is 10.5 Å². The number of rotatable bonds is 3. The molecular formula is C23H27N3O4. The largest absolute Gasteiger partial charge is 0.444 e. The molecule has 158 valence electrons. The van der Waals surface area contributed by atoms with Gasteiger partial charge in [0.25, 0.3) is 11.8 Å². The van der Waals surface area contributed by atoms with E-state index < -0.39 is 5.60 Å². The summed E-state index contributed by atoms with van der Waals surface area (Å²) in [5.41, 5.74) is 0.851. The summed E-state index contributed by atoms with van der Waals surface area (Å²) >= 11 is 0. The van der Waals surface area contributed by atoms with Gasteiger partial charge >= 0.3 is 6.09 Å². The third kappa shape index (κ3) is 5.37. The maximum absolute atomic E-state index is 13.1. The minimum Gasteiger partial charge on any atom is -0.444 e. The lowest BCUT2D eigenvalue weighted by molar-refractivity contribution is 0.0141. The molecule has 0 aromatic heterocycles. The number of nitrogens with one attached hydrogen (secondary N) is 1. The molecule has 0 atom stereocenters. The quantitative estimate of drug-likeness (QED) is 0.840. The van der Waals surface area contributed by atoms with Crippen LogP contribution < -0.4 is 5.32 Å². The molecule has 7 heteroatoms. The van der Waals surface area contributed by atoms with Crippen LogP contribution in [-0.4, -0.2) is 59.5 Å². The molecule has 7 nitrogen and oxygen atoms in total. The number of benzene rings is 2. The van der Waals surface area contributed by atoms with E-state index in [1.807, 2.05) is 26.8 Å². The lowest BCUT2D eigenvalue weighted by Crippen LogP contribution is -2.51. The third-order valence-electron chi connectivity index (χ3n) is 4.66. The second-order valence-corrected chi connectivity index (χ2v) is 8.13. The van der Waals surface area contributed by atoms with Crippen molar-refractivity contribution in [3.63, 3.8) is 0 Å². The van der Waals surface area contributed by atoms with Crippen molar-refractivity contribution in [2.45, 2.75) is 26.4 Å². The van der Waals surface area contributed by atoms with E-state index in [2.05, 4.69) is 5.32 Å². The minimum atomic E-state index is -0.556. The molecule has 1 aliphatic rings. The van der Waals surface area contributed by atoms with Gasteiger partial charge in [0.05, 0.1) is 11.3 Å². The number of ether oxygens (including phenoxy) is 1. The van der Waals surface area contributed by atoms with Crippen LogP contribution in [0.1, 0.15) is 41.5 Å². The molecule has 2 aromatic rings. The Morgan fingerprint density at radius 1 is 0.833 bits per heavy atom. The van der Waals surface area contributed by atoms with Crippen molar-refractivity contribution in [1.82, 2.24) is 9.80 Å². The molecule has 2 aromatic carbocycles. The van der Waals surface area contributed by atoms with E-state index in [4.69, 9.17) is 4.74 Å². The zero-order valence-electron chi connectivity index (χ0n) is 17.6. The van der Waals surface area contributed by atoms with Gasteiger partial charge in [0, 0.05) is 31.7 Å². The molecule has 0 spiro atoms. The lowest BCUT2D eigenvalue weighted by atomic mass is 10.1. The standard InChI is InChI=1S/C23H27N3O4/c1-23(2,3)30-22(29)26-15-13-25(14-16-26)21(28)18-11-7-8-12-19(18)24-20(27)17-9-5-4-6-10-17/h4-12H,13-16H2,1-3H3,(H,24,27). The Bertz CT molecular complexity index is 914. The smallest absolute Gasteiger partial charge is 0.410 e. The van der Waals surface area contributed by atoms with Crippen molar-refractivity contribution in [2.24, 2.45) is 0 Å². The minimum absolute atomic E-state index is 0.178. The lowest BCUT2D eigenvalue weighted by Gasteiger charge is -2.35. The Balaban J connectivity index is 1.65. The SMILES string of the molecule is CC(C)(C)OC(=O)N1CCN(C(=O)c2ccccc2NC(=O)c2ccccc2)CC1. The first-order chi connectivity index (χ1) is 14.2. The van der Waals surface area contributed by atoms with Crippen LogP contribution in [0.3, 0.4) is 0 Å². The first kappa shape index (κ1) is 21.4. The Hall–Kier alpha value is -3.35. The summed E-state index contributed by atoms with van der Waals surface area (Å²) in [6, 6.07) is 15.8. The van der Waals surface area contributed by atoms with Crippen molar-refractivity contribution in [1.29, 1.82) is 0 Å². The highest BCUT2D eigenvalue weighted by Crippen LogP contribution is 2.20. The van der Waals surface area contributed by atoms with Gasteiger partial charge < -0.3 is 19.9 Å². The summed E-state index contributed by atoms with van der Waals surface area (Å²) < 4.78 is 5.40. The average molecular weight is 409 g/mol. The molecular weight excluding hydrogens is 382 g/mol. The van der Waals surface area contributed by atoms with Gasteiger partial charge in [0.15, 0.2) is 0 Å². The van der Waals surface area contributed by atoms with E-state index in [1.54, 1.807) is 58.3 Å². The average Bonchev–Trinajstić information content (AvgIpc) is 2.73. The number of carbonyl (C=O) groups is 3. The van der Waals surface area contributed by atoms with Gasteiger partial charge in [-0.2, -0.15) is 0 Å². The van der Waals surface area contributed by atoms with Crippen LogP contribution in [-0.2, 0) is 4.74 Å². The predicted octanol–water partition coefficient (Wildman–Crippen LogP) is 3.63. The molecule has 0 bridgehead atoms. The fourth-order valence-corrected chi connectivity index (χ4v) is 3.15. The van der Waals surface area contributed by atoms with Crippen molar-refractivity contribution < 1.29 is 19.1 Å². The molecule has 1 heterocycles. The highest BCUT2D eigenvalue weighted by molar-refractivity contribution is 6.09. The molecule has 3 rings (SSSR count). The Kier molecular flexibility index (Phi) is 6.40. The van der Waals surface area contributed by atoms with E-state index >= 15 is 0 Å². The third-order valence-corrected chi connectivity index (χ3v) is 4.66. The Morgan fingerprint density at radius 3 is 2.03 bits per heavy atom. The number of amides is 3. The summed E-state index contributed by atoms with van der Waals surface area (Å²) in [5, 5.41) is 2.83. The first-order valence-corrected chi connectivity index (χ1v) is 9.97. The summed E-state index contributed by atoms with van der Waals surface area (Å²) in [6.45, 7) is 7.08. The van der Waals surface area contributed by atoms with Crippen LogP contribution in [0.5, 0.6) is 0 Å². The second-order valence-electron chi connectivity index (χ2n) is 8.13. The highest BCUT2D eigenvalue weighted by atomic mass is 16.6. The molecule has 3 amide bonds. The Morgan fingerprint density at radius 2 is 1.40 bits per heavy atom. The van der Waals surface area contributed by atoms with Gasteiger partial charge in [-0.15, -0.1) is 0 Å². The summed E-state index contributed by atoms with van der Waals surface area (Å²) in [5.74, 6) is -0.451. The number of nitrogens with zero attached hydrogens (tertiary/aromatic N) is 2. The van der Waals surface area contributed by atoms with Crippen LogP contribution in [0.15, 0.2) is 54.6 Å². The molecule has 0 unspecified atom stereocenters. The van der Waals surface area contributed by atoms with E-state index in [1.165, 1.54) is 0 Å². The van der Waals surface area contributed by atoms with Gasteiger partial charge in [-0.3, -0.25) is 9.59 Å². The summed E-state index contributed by atoms with van der Waals surface area (Å²) in [4.78, 5) is 41.1. The van der Waals surface area contributed by atoms with E-state index in [9.17, 15) is 14.4 Å². The number of carbonyl (C=O) groups excluding carboxylic acids is 3. The van der Waals surface area contributed by atoms with Crippen molar-refractivity contribution >= 4 is 23.6 Å². The Labute approximate surface area is 176 Å². The molecule has 0 radical (unpaired) electrons. The van der Waals surface area contributed by atoms with E-state index in [0.29, 0.717) is 43.0 Å². The predicted molar refractivity (Wildman–Crippen MR) is 115 cm³/mol. The molecule has 1 N–H and O–H groups in total. The topological polar surface area (TPSA) is 79.0 Å². The molecule has 1 aliphatic heterocycles. The fraction of sp³-hybridized carbons (Fsp3) is 0.348. The zero-order valence-corrected chi connectivity index (χ0v) is 17.6. The first-order valence-electron chi connectivity index (χ1n) is 9.97. The van der Waals surface area contributed by atoms with Crippen molar-refractivity contribution in [3.05, 3.63) is 65.7 Å². The summed E-state index contributed by atoms with van der Waals surface area (Å²) in [6.07, 6.45) is -0.370. The van der Waals surface area contributed by atoms with Gasteiger partial charge in [0.1, 0.15) is 5.60 Å². The van der Waals surface area contributed by atoms with Crippen LogP contribution in [0, 0.1) is 0 Å². The zero-order chi connectivity index (χ0) is 21.7. The molecule has 0 aliphatic carbocycles. The van der Waals surface area contributed by atoms with E-state index in [-0.39, 0.29) is 17.9 Å². The van der Waals surface area contributed by atoms with Crippen molar-refractivity contribution in [2.75, 3.05) is 31.5 Å². The number of para-hydroxylation sites is 1. The number of anilines is 1. The molecule has 30 heavy (non-hydrogen) atoms. The molecule has 0 saturated carbocycles. The maximum Gasteiger partial charge on any atom is 0.410 e. The monoisotopic (exact) mass is 409 g/mol. The van der Waals surface area contributed by atoms with Crippen LogP contribution >= 0.6 is 0 Å². The number of hydrogen-bond acceptors (Lipinski definition) is 4. The van der Waals surface area contributed by atoms with E-state index in [0.717, 1.165) is 0 Å². The summed E-state index contributed by atoms with van der Waals surface area (Å²) in [7, 11) is 0. The fourth-order valence-electron chi connectivity index (χ4n) is 3.15. The second kappa shape index (κ2) is 8.98. The van der Waals surface area contributed by atoms with Crippen LogP contribution in [0.25, 0.3) is 0 Å². The molecule has 1 saturated heterocycles. The van der Waals surface area contributed by atoms with Gasteiger partial charge in [0.2, 0.25) is 0 Å². The number of piperazine rings is 1. The van der Waals surface area contributed by atoms with Crippen molar-refractivity contribution in [3.8, 4) is 0 Å². The van der Waals surface area contributed by atoms with Gasteiger partial charge in [-0.1, -0.05) is 30.3 Å². The van der Waals surface area contributed by atoms with Gasteiger partial charge in [-0.25, -0.2) is 4.79 Å². The van der Waals surface area contributed by atoms with Crippen LogP contribution in [0.2, 0.25) is 0 Å². The van der Waals surface area contributed by atoms with Gasteiger partial charge in [-0.05, 0) is 45.0 Å². The number of hydrogen-bond donors (Lipinski definition) is 1.